The lowest BCUT2D eigenvalue weighted by Gasteiger charge is -2.16. The van der Waals surface area contributed by atoms with Crippen LogP contribution in [0.4, 0.5) is 16.2 Å². The second-order valence-corrected chi connectivity index (χ2v) is 5.77. The summed E-state index contributed by atoms with van der Waals surface area (Å²) in [6, 6.07) is 10.3. The van der Waals surface area contributed by atoms with Gasteiger partial charge in [-0.2, -0.15) is 0 Å². The van der Waals surface area contributed by atoms with Gasteiger partial charge in [-0.05, 0) is 42.8 Å². The zero-order valence-electron chi connectivity index (χ0n) is 14.1. The van der Waals surface area contributed by atoms with Crippen molar-refractivity contribution in [1.29, 1.82) is 0 Å². The van der Waals surface area contributed by atoms with Gasteiger partial charge in [-0.15, -0.1) is 6.58 Å². The number of urea groups is 1. The molecule has 1 aliphatic rings. The van der Waals surface area contributed by atoms with Crippen molar-refractivity contribution in [2.75, 3.05) is 23.8 Å². The maximum absolute atomic E-state index is 12.8. The van der Waals surface area contributed by atoms with Crippen molar-refractivity contribution < 1.29 is 14.3 Å². The van der Waals surface area contributed by atoms with Gasteiger partial charge in [-0.3, -0.25) is 4.79 Å². The van der Waals surface area contributed by atoms with E-state index < -0.39 is 0 Å². The molecule has 6 nitrogen and oxygen atoms in total. The molecular formula is C19H19N3O3. The highest BCUT2D eigenvalue weighted by Gasteiger charge is 2.26. The Balaban J connectivity index is 1.93. The second-order valence-electron chi connectivity index (χ2n) is 5.77. The van der Waals surface area contributed by atoms with Gasteiger partial charge in [0.2, 0.25) is 0 Å². The molecule has 3 amide bonds. The number of amides is 3. The minimum atomic E-state index is -0.367. The van der Waals surface area contributed by atoms with Crippen LogP contribution in [-0.4, -0.2) is 25.5 Å². The Bertz CT molecular complexity index is 861. The van der Waals surface area contributed by atoms with E-state index >= 15 is 0 Å². The molecule has 0 radical (unpaired) electrons. The van der Waals surface area contributed by atoms with Crippen LogP contribution < -0.4 is 20.3 Å². The number of anilines is 2. The molecule has 128 valence electrons. The highest BCUT2D eigenvalue weighted by atomic mass is 16.5. The molecule has 2 aromatic rings. The SMILES string of the molecule is C=CCNC(=O)Nc1ccc2c(c1)C(=O)N(C)c1cc(C)ccc1O2. The molecule has 0 fully saturated rings. The highest BCUT2D eigenvalue weighted by Crippen LogP contribution is 2.39. The van der Waals surface area contributed by atoms with Gasteiger partial charge in [0.15, 0.2) is 5.75 Å². The van der Waals surface area contributed by atoms with Crippen molar-refractivity contribution in [3.63, 3.8) is 0 Å². The van der Waals surface area contributed by atoms with Crippen molar-refractivity contribution >= 4 is 23.3 Å². The van der Waals surface area contributed by atoms with Crippen LogP contribution in [0.1, 0.15) is 15.9 Å². The van der Waals surface area contributed by atoms with Gasteiger partial charge in [0.1, 0.15) is 5.75 Å². The zero-order valence-corrected chi connectivity index (χ0v) is 14.1. The number of hydrogen-bond donors (Lipinski definition) is 2. The predicted molar refractivity (Wildman–Crippen MR) is 97.6 cm³/mol. The number of carbonyl (C=O) groups excluding carboxylic acids is 2. The molecule has 2 aromatic carbocycles. The fraction of sp³-hybridized carbons (Fsp3) is 0.158. The molecule has 1 heterocycles. The third-order valence-corrected chi connectivity index (χ3v) is 3.88. The van der Waals surface area contributed by atoms with Crippen molar-refractivity contribution in [2.24, 2.45) is 0 Å². The van der Waals surface area contributed by atoms with Gasteiger partial charge in [0, 0.05) is 19.3 Å². The quantitative estimate of drug-likeness (QED) is 0.839. The van der Waals surface area contributed by atoms with Crippen LogP contribution in [0, 0.1) is 6.92 Å². The van der Waals surface area contributed by atoms with Gasteiger partial charge in [-0.1, -0.05) is 12.1 Å². The average molecular weight is 337 g/mol. The summed E-state index contributed by atoms with van der Waals surface area (Å²) in [5.74, 6) is 0.871. The van der Waals surface area contributed by atoms with E-state index in [1.807, 2.05) is 25.1 Å². The molecule has 0 atom stereocenters. The first-order valence-corrected chi connectivity index (χ1v) is 7.86. The Labute approximate surface area is 146 Å². The summed E-state index contributed by atoms with van der Waals surface area (Å²) in [5, 5.41) is 5.31. The van der Waals surface area contributed by atoms with Gasteiger partial charge >= 0.3 is 6.03 Å². The lowest BCUT2D eigenvalue weighted by Crippen LogP contribution is -2.29. The van der Waals surface area contributed by atoms with Crippen LogP contribution in [0.5, 0.6) is 11.5 Å². The first kappa shape index (κ1) is 16.6. The third-order valence-electron chi connectivity index (χ3n) is 3.88. The van der Waals surface area contributed by atoms with Crippen molar-refractivity contribution in [3.05, 3.63) is 60.2 Å². The number of rotatable bonds is 3. The topological polar surface area (TPSA) is 70.7 Å². The number of nitrogens with zero attached hydrogens (tertiary/aromatic N) is 1. The predicted octanol–water partition coefficient (Wildman–Crippen LogP) is 3.68. The van der Waals surface area contributed by atoms with Crippen molar-refractivity contribution in [1.82, 2.24) is 5.32 Å². The number of fused-ring (bicyclic) bond motifs is 2. The number of carbonyl (C=O) groups is 2. The molecule has 6 heteroatoms. The Morgan fingerprint density at radius 2 is 2.00 bits per heavy atom. The van der Waals surface area contributed by atoms with Crippen LogP contribution in [-0.2, 0) is 0 Å². The Kier molecular flexibility index (Phi) is 4.43. The molecule has 0 bridgehead atoms. The van der Waals surface area contributed by atoms with Crippen LogP contribution in [0.2, 0.25) is 0 Å². The second kappa shape index (κ2) is 6.68. The minimum absolute atomic E-state index is 0.200. The molecule has 0 saturated heterocycles. The molecule has 0 aromatic heterocycles. The lowest BCUT2D eigenvalue weighted by molar-refractivity contribution is 0.0993. The molecule has 0 spiro atoms. The summed E-state index contributed by atoms with van der Waals surface area (Å²) in [7, 11) is 1.70. The smallest absolute Gasteiger partial charge is 0.319 e. The Morgan fingerprint density at radius 3 is 2.76 bits per heavy atom. The molecular weight excluding hydrogens is 318 g/mol. The van der Waals surface area contributed by atoms with Crippen LogP contribution in [0.25, 0.3) is 0 Å². The lowest BCUT2D eigenvalue weighted by atomic mass is 10.1. The summed E-state index contributed by atoms with van der Waals surface area (Å²) in [6.07, 6.45) is 1.59. The highest BCUT2D eigenvalue weighted by molar-refractivity contribution is 6.10. The van der Waals surface area contributed by atoms with Crippen molar-refractivity contribution in [3.8, 4) is 11.5 Å². The maximum Gasteiger partial charge on any atom is 0.319 e. The zero-order chi connectivity index (χ0) is 18.0. The Hall–Kier alpha value is -3.28. The monoisotopic (exact) mass is 337 g/mol. The van der Waals surface area contributed by atoms with Crippen molar-refractivity contribution in [2.45, 2.75) is 6.92 Å². The van der Waals surface area contributed by atoms with E-state index in [-0.39, 0.29) is 11.9 Å². The van der Waals surface area contributed by atoms with Crippen LogP contribution in [0.3, 0.4) is 0 Å². The van der Waals surface area contributed by atoms with E-state index in [1.165, 1.54) is 0 Å². The van der Waals surface area contributed by atoms with Gasteiger partial charge in [0.25, 0.3) is 5.91 Å². The van der Waals surface area contributed by atoms with E-state index in [0.717, 1.165) is 5.56 Å². The number of hydrogen-bond acceptors (Lipinski definition) is 3. The van der Waals surface area contributed by atoms with E-state index in [2.05, 4.69) is 17.2 Å². The van der Waals surface area contributed by atoms with Gasteiger partial charge < -0.3 is 20.3 Å². The minimum Gasteiger partial charge on any atom is -0.454 e. The maximum atomic E-state index is 12.8. The molecule has 1 aliphatic heterocycles. The number of aryl methyl sites for hydroxylation is 1. The normalized spacial score (nSPS) is 12.4. The van der Waals surface area contributed by atoms with E-state index in [1.54, 1.807) is 36.2 Å². The summed E-state index contributed by atoms with van der Waals surface area (Å²) >= 11 is 0. The fourth-order valence-electron chi connectivity index (χ4n) is 2.59. The van der Waals surface area contributed by atoms with E-state index in [0.29, 0.717) is 35.0 Å². The third kappa shape index (κ3) is 3.33. The molecule has 25 heavy (non-hydrogen) atoms. The largest absolute Gasteiger partial charge is 0.454 e. The van der Waals surface area contributed by atoms with Crippen LogP contribution in [0.15, 0.2) is 49.1 Å². The average Bonchev–Trinajstić information content (AvgIpc) is 2.70. The van der Waals surface area contributed by atoms with E-state index in [4.69, 9.17) is 4.74 Å². The molecule has 3 rings (SSSR count). The summed E-state index contributed by atoms with van der Waals surface area (Å²) in [6.45, 7) is 5.86. The molecule has 0 unspecified atom stereocenters. The summed E-state index contributed by atoms with van der Waals surface area (Å²) in [5.41, 5.74) is 2.64. The fourth-order valence-corrected chi connectivity index (χ4v) is 2.59. The first-order chi connectivity index (χ1) is 12.0. The number of nitrogens with one attached hydrogen (secondary N) is 2. The molecule has 0 saturated carbocycles. The molecule has 2 N–H and O–H groups in total. The summed E-state index contributed by atoms with van der Waals surface area (Å²) in [4.78, 5) is 26.1. The number of benzene rings is 2. The standard InChI is InChI=1S/C19H19N3O3/c1-4-9-20-19(24)21-13-6-8-16-14(11-13)18(23)22(3)15-10-12(2)5-7-17(15)25-16/h4-8,10-11H,1,9H2,2-3H3,(H2,20,21,24). The first-order valence-electron chi connectivity index (χ1n) is 7.86. The van der Waals surface area contributed by atoms with E-state index in [9.17, 15) is 9.59 Å². The van der Waals surface area contributed by atoms with Gasteiger partial charge in [0.05, 0.1) is 11.3 Å². The summed E-state index contributed by atoms with van der Waals surface area (Å²) < 4.78 is 5.92. The van der Waals surface area contributed by atoms with Gasteiger partial charge in [-0.25, -0.2) is 4.79 Å². The Morgan fingerprint density at radius 1 is 1.24 bits per heavy atom. The molecule has 0 aliphatic carbocycles. The number of ether oxygens (including phenoxy) is 1. The van der Waals surface area contributed by atoms with Crippen LogP contribution >= 0.6 is 0 Å².